The molecule has 7 heteroatoms. The lowest BCUT2D eigenvalue weighted by molar-refractivity contribution is 0.116. The molecule has 0 aromatic heterocycles. The van der Waals surface area contributed by atoms with E-state index in [1.165, 1.54) is 24.8 Å². The van der Waals surface area contributed by atoms with Gasteiger partial charge in [0.05, 0.1) is 13.2 Å². The normalized spacial score (nSPS) is 19.8. The molecule has 2 aromatic carbocycles. The maximum Gasteiger partial charge on any atom is 0.253 e. The maximum absolute atomic E-state index is 11.4. The van der Waals surface area contributed by atoms with Gasteiger partial charge in [-0.05, 0) is 38.4 Å². The third-order valence-corrected chi connectivity index (χ3v) is 5.67. The maximum atomic E-state index is 11.4. The molecule has 1 fully saturated rings. The number of nitrogen functional groups attached to an aromatic ring is 1. The van der Waals surface area contributed by atoms with Crippen LogP contribution >= 0.6 is 0 Å². The van der Waals surface area contributed by atoms with Crippen LogP contribution in [-0.4, -0.2) is 37.7 Å². The van der Waals surface area contributed by atoms with Crippen LogP contribution in [0.4, 0.5) is 11.4 Å². The van der Waals surface area contributed by atoms with Crippen LogP contribution in [0, 0.1) is 0 Å². The summed E-state index contributed by atoms with van der Waals surface area (Å²) < 4.78 is 11.9. The van der Waals surface area contributed by atoms with Gasteiger partial charge < -0.3 is 20.5 Å². The summed E-state index contributed by atoms with van der Waals surface area (Å²) in [5.74, 6) is 1.64. The third-order valence-electron chi connectivity index (χ3n) is 5.67. The molecule has 150 valence electrons. The molecule has 0 saturated carbocycles. The van der Waals surface area contributed by atoms with Crippen molar-refractivity contribution in [2.24, 2.45) is 0 Å². The van der Waals surface area contributed by atoms with Crippen molar-refractivity contribution in [2.75, 3.05) is 43.9 Å². The fourth-order valence-corrected chi connectivity index (χ4v) is 4.15. The second kappa shape index (κ2) is 8.22. The molecule has 0 bridgehead atoms. The standard InChI is InChI=1S/C21H27N3O4/c22-17-18(20(26)19(17)25)23-9-5-12-27-16-7-4-6-14-15(8-13-28-21(14)16)24-10-2-1-3-11-24/h4,6-7,15,23H,1-3,5,8-13,22H2. The number of anilines is 2. The number of ether oxygens (including phenoxy) is 2. The van der Waals surface area contributed by atoms with Crippen LogP contribution in [0.2, 0.25) is 0 Å². The average molecular weight is 385 g/mol. The van der Waals surface area contributed by atoms with E-state index >= 15 is 0 Å². The summed E-state index contributed by atoms with van der Waals surface area (Å²) in [5, 5.41) is 2.91. The number of hydrogen-bond donors (Lipinski definition) is 2. The lowest BCUT2D eigenvalue weighted by atomic mass is 9.96. The molecule has 1 unspecified atom stereocenters. The molecular formula is C21H27N3O4. The minimum absolute atomic E-state index is 0.0280. The first-order chi connectivity index (χ1) is 13.7. The Bertz CT molecular complexity index is 898. The number of nitrogens with one attached hydrogen (secondary N) is 1. The number of likely N-dealkylation sites (tertiary alicyclic amines) is 1. The largest absolute Gasteiger partial charge is 0.490 e. The number of hydrogen-bond acceptors (Lipinski definition) is 7. The summed E-state index contributed by atoms with van der Waals surface area (Å²) >= 11 is 0. The fourth-order valence-electron chi connectivity index (χ4n) is 4.15. The van der Waals surface area contributed by atoms with Crippen LogP contribution in [0.25, 0.3) is 0 Å². The number of nitrogens with zero attached hydrogens (tertiary/aromatic N) is 1. The number of piperidine rings is 1. The second-order valence-corrected chi connectivity index (χ2v) is 7.50. The SMILES string of the molecule is Nc1c(NCCCOc2cccc3c2OCCC3N2CCCCC2)c(=O)c1=O. The molecule has 3 N–H and O–H groups in total. The van der Waals surface area contributed by atoms with Gasteiger partial charge in [-0.1, -0.05) is 18.6 Å². The Morgan fingerprint density at radius 3 is 2.79 bits per heavy atom. The van der Waals surface area contributed by atoms with Crippen molar-refractivity contribution in [3.63, 3.8) is 0 Å². The van der Waals surface area contributed by atoms with Gasteiger partial charge >= 0.3 is 0 Å². The summed E-state index contributed by atoms with van der Waals surface area (Å²) in [4.78, 5) is 25.1. The van der Waals surface area contributed by atoms with E-state index in [-0.39, 0.29) is 11.4 Å². The van der Waals surface area contributed by atoms with Crippen molar-refractivity contribution < 1.29 is 9.47 Å². The van der Waals surface area contributed by atoms with Crippen molar-refractivity contribution in [3.05, 3.63) is 44.2 Å². The van der Waals surface area contributed by atoms with Crippen LogP contribution in [0.15, 0.2) is 27.8 Å². The molecular weight excluding hydrogens is 358 g/mol. The molecule has 1 atom stereocenters. The van der Waals surface area contributed by atoms with Crippen LogP contribution in [0.5, 0.6) is 11.5 Å². The Labute approximate surface area is 164 Å². The van der Waals surface area contributed by atoms with Gasteiger partial charge in [0.15, 0.2) is 11.5 Å². The highest BCUT2D eigenvalue weighted by atomic mass is 16.5. The highest BCUT2D eigenvalue weighted by molar-refractivity contribution is 5.71. The average Bonchev–Trinajstić information content (AvgIpc) is 2.75. The minimum atomic E-state index is -0.602. The topological polar surface area (TPSA) is 93.9 Å². The van der Waals surface area contributed by atoms with Gasteiger partial charge in [0.1, 0.15) is 11.4 Å². The molecule has 4 rings (SSSR count). The van der Waals surface area contributed by atoms with E-state index in [0.717, 1.165) is 31.0 Å². The Hall–Kier alpha value is -2.54. The fraction of sp³-hybridized carbons (Fsp3) is 0.524. The highest BCUT2D eigenvalue weighted by Crippen LogP contribution is 2.42. The van der Waals surface area contributed by atoms with E-state index < -0.39 is 10.9 Å². The molecule has 0 radical (unpaired) electrons. The number of rotatable bonds is 7. The van der Waals surface area contributed by atoms with Crippen LogP contribution in [-0.2, 0) is 0 Å². The van der Waals surface area contributed by atoms with Crippen LogP contribution in [0.1, 0.15) is 43.7 Å². The van der Waals surface area contributed by atoms with E-state index in [2.05, 4.69) is 16.3 Å². The van der Waals surface area contributed by atoms with Crippen molar-refractivity contribution in [2.45, 2.75) is 38.1 Å². The molecule has 2 aliphatic rings. The number of para-hydroxylation sites is 1. The molecule has 0 aliphatic carbocycles. The summed E-state index contributed by atoms with van der Waals surface area (Å²) in [5.41, 5.74) is 5.85. The number of fused-ring (bicyclic) bond motifs is 1. The molecule has 0 amide bonds. The van der Waals surface area contributed by atoms with Gasteiger partial charge in [-0.3, -0.25) is 14.5 Å². The highest BCUT2D eigenvalue weighted by Gasteiger charge is 2.29. The zero-order valence-corrected chi connectivity index (χ0v) is 16.0. The number of benzene rings is 1. The first kappa shape index (κ1) is 18.8. The van der Waals surface area contributed by atoms with Crippen molar-refractivity contribution in [1.82, 2.24) is 4.90 Å². The predicted octanol–water partition coefficient (Wildman–Crippen LogP) is 2.06. The Morgan fingerprint density at radius 1 is 1.18 bits per heavy atom. The van der Waals surface area contributed by atoms with Gasteiger partial charge in [-0.25, -0.2) is 0 Å². The molecule has 2 heterocycles. The Kier molecular flexibility index (Phi) is 5.52. The quantitative estimate of drug-likeness (QED) is 0.556. The first-order valence-electron chi connectivity index (χ1n) is 10.1. The van der Waals surface area contributed by atoms with E-state index in [1.54, 1.807) is 0 Å². The van der Waals surface area contributed by atoms with Crippen molar-refractivity contribution in [1.29, 1.82) is 0 Å². The molecule has 1 saturated heterocycles. The van der Waals surface area contributed by atoms with E-state index in [9.17, 15) is 9.59 Å². The Morgan fingerprint density at radius 2 is 2.00 bits per heavy atom. The lowest BCUT2D eigenvalue weighted by Gasteiger charge is -2.38. The number of nitrogens with two attached hydrogens (primary N) is 1. The molecule has 28 heavy (non-hydrogen) atoms. The van der Waals surface area contributed by atoms with E-state index in [1.807, 2.05) is 12.1 Å². The lowest BCUT2D eigenvalue weighted by Crippen LogP contribution is -2.37. The van der Waals surface area contributed by atoms with Gasteiger partial charge in [0.25, 0.3) is 10.9 Å². The summed E-state index contributed by atoms with van der Waals surface area (Å²) in [6, 6.07) is 6.53. The van der Waals surface area contributed by atoms with Crippen LogP contribution < -0.4 is 31.4 Å². The molecule has 7 nitrogen and oxygen atoms in total. The van der Waals surface area contributed by atoms with Gasteiger partial charge in [-0.2, -0.15) is 0 Å². The second-order valence-electron chi connectivity index (χ2n) is 7.50. The molecule has 2 aliphatic heterocycles. The summed E-state index contributed by atoms with van der Waals surface area (Å²) in [6.07, 6.45) is 5.56. The predicted molar refractivity (Wildman–Crippen MR) is 109 cm³/mol. The molecule has 2 aromatic rings. The monoisotopic (exact) mass is 385 g/mol. The van der Waals surface area contributed by atoms with Gasteiger partial charge in [0.2, 0.25) is 0 Å². The van der Waals surface area contributed by atoms with Crippen LogP contribution in [0.3, 0.4) is 0 Å². The summed E-state index contributed by atoms with van der Waals surface area (Å²) in [7, 11) is 0. The summed E-state index contributed by atoms with van der Waals surface area (Å²) in [6.45, 7) is 4.01. The van der Waals surface area contributed by atoms with E-state index in [4.69, 9.17) is 15.2 Å². The zero-order chi connectivity index (χ0) is 19.5. The zero-order valence-electron chi connectivity index (χ0n) is 16.0. The van der Waals surface area contributed by atoms with Crippen molar-refractivity contribution >= 4 is 11.4 Å². The Balaban J connectivity index is 1.34. The van der Waals surface area contributed by atoms with E-state index in [0.29, 0.717) is 32.2 Å². The smallest absolute Gasteiger partial charge is 0.253 e. The third kappa shape index (κ3) is 3.58. The minimum Gasteiger partial charge on any atom is -0.490 e. The first-order valence-corrected chi connectivity index (χ1v) is 10.1. The van der Waals surface area contributed by atoms with Crippen molar-refractivity contribution in [3.8, 4) is 11.5 Å². The van der Waals surface area contributed by atoms with Gasteiger partial charge in [0, 0.05) is 24.6 Å². The molecule has 0 spiro atoms. The van der Waals surface area contributed by atoms with Gasteiger partial charge in [-0.15, -0.1) is 0 Å².